The van der Waals surface area contributed by atoms with E-state index < -0.39 is 6.03 Å². The molecular weight excluding hydrogens is 250 g/mol. The summed E-state index contributed by atoms with van der Waals surface area (Å²) in [6.07, 6.45) is 5.41. The molecule has 0 saturated carbocycles. The molecule has 0 atom stereocenters. The van der Waals surface area contributed by atoms with Crippen molar-refractivity contribution in [3.05, 3.63) is 54.1 Å². The van der Waals surface area contributed by atoms with Crippen molar-refractivity contribution in [2.45, 2.75) is 0 Å². The number of para-hydroxylation sites is 1. The summed E-state index contributed by atoms with van der Waals surface area (Å²) >= 11 is 0. The van der Waals surface area contributed by atoms with Crippen molar-refractivity contribution in [1.29, 1.82) is 0 Å². The molecule has 2 aromatic carbocycles. The Hall–Kier alpha value is -3.06. The molecule has 3 rings (SSSR count). The number of nitrogens with zero attached hydrogens (tertiary/aromatic N) is 2. The van der Waals surface area contributed by atoms with Crippen molar-refractivity contribution in [2.75, 3.05) is 0 Å². The van der Waals surface area contributed by atoms with Crippen LogP contribution in [0, 0.1) is 12.3 Å². The van der Waals surface area contributed by atoms with Crippen LogP contribution in [-0.4, -0.2) is 15.8 Å². The molecule has 0 aliphatic carbocycles. The van der Waals surface area contributed by atoms with Gasteiger partial charge in [-0.1, -0.05) is 36.3 Å². The van der Waals surface area contributed by atoms with Crippen molar-refractivity contribution in [1.82, 2.24) is 9.78 Å². The summed E-state index contributed by atoms with van der Waals surface area (Å²) in [5, 5.41) is 5.17. The molecule has 2 N–H and O–H groups in total. The second-order valence-electron chi connectivity index (χ2n) is 4.34. The van der Waals surface area contributed by atoms with Gasteiger partial charge in [-0.05, 0) is 18.2 Å². The fraction of sp³-hybridized carbons (Fsp3) is 0. The number of primary amides is 1. The normalized spacial score (nSPS) is 10.3. The average Bonchev–Trinajstić information content (AvgIpc) is 2.87. The lowest BCUT2D eigenvalue weighted by Gasteiger charge is -1.98. The number of benzene rings is 2. The van der Waals surface area contributed by atoms with Crippen molar-refractivity contribution in [3.63, 3.8) is 0 Å². The van der Waals surface area contributed by atoms with Crippen LogP contribution in [-0.2, 0) is 0 Å². The number of terminal acetylenes is 1. The topological polar surface area (TPSA) is 60.9 Å². The molecule has 0 aliphatic rings. The molecule has 0 saturated heterocycles. The number of nitrogens with two attached hydrogens (primary N) is 1. The molecule has 0 fully saturated rings. The van der Waals surface area contributed by atoms with Crippen molar-refractivity contribution in [3.8, 4) is 23.6 Å². The molecular formula is C16H11N3O. The zero-order valence-electron chi connectivity index (χ0n) is 10.6. The van der Waals surface area contributed by atoms with E-state index in [1.54, 1.807) is 0 Å². The quantitative estimate of drug-likeness (QED) is 0.684. The first-order chi connectivity index (χ1) is 9.70. The average molecular weight is 261 g/mol. The molecule has 0 unspecified atom stereocenters. The van der Waals surface area contributed by atoms with E-state index in [0.717, 1.165) is 16.5 Å². The first-order valence-electron chi connectivity index (χ1n) is 6.05. The zero-order chi connectivity index (χ0) is 14.1. The predicted octanol–water partition coefficient (Wildman–Crippen LogP) is 2.61. The number of carbonyl (C=O) groups excluding carboxylic acids is 1. The van der Waals surface area contributed by atoms with Gasteiger partial charge in [0.1, 0.15) is 5.69 Å². The number of rotatable bonds is 1. The summed E-state index contributed by atoms with van der Waals surface area (Å²) in [6.45, 7) is 0. The van der Waals surface area contributed by atoms with E-state index >= 15 is 0 Å². The van der Waals surface area contributed by atoms with Gasteiger partial charge in [-0.3, -0.25) is 0 Å². The van der Waals surface area contributed by atoms with Crippen molar-refractivity contribution < 1.29 is 4.79 Å². The van der Waals surface area contributed by atoms with Gasteiger partial charge < -0.3 is 5.73 Å². The molecule has 0 bridgehead atoms. The van der Waals surface area contributed by atoms with Crippen LogP contribution in [0.1, 0.15) is 5.56 Å². The highest BCUT2D eigenvalue weighted by molar-refractivity contribution is 5.98. The smallest absolute Gasteiger partial charge is 0.340 e. The Bertz CT molecular complexity index is 856. The number of carbonyl (C=O) groups is 1. The van der Waals surface area contributed by atoms with Gasteiger partial charge >= 0.3 is 6.03 Å². The second kappa shape index (κ2) is 4.56. The van der Waals surface area contributed by atoms with Crippen LogP contribution < -0.4 is 5.73 Å². The van der Waals surface area contributed by atoms with Crippen LogP contribution >= 0.6 is 0 Å². The predicted molar refractivity (Wildman–Crippen MR) is 78.1 cm³/mol. The van der Waals surface area contributed by atoms with Gasteiger partial charge in [0.15, 0.2) is 0 Å². The maximum absolute atomic E-state index is 11.5. The van der Waals surface area contributed by atoms with E-state index in [2.05, 4.69) is 11.0 Å². The van der Waals surface area contributed by atoms with Gasteiger partial charge in [-0.15, -0.1) is 6.42 Å². The molecule has 96 valence electrons. The molecule has 0 radical (unpaired) electrons. The summed E-state index contributed by atoms with van der Waals surface area (Å²) in [6, 6.07) is 14.3. The largest absolute Gasteiger partial charge is 0.350 e. The third-order valence-electron chi connectivity index (χ3n) is 3.10. The third-order valence-corrected chi connectivity index (χ3v) is 3.10. The molecule has 0 aliphatic heterocycles. The minimum absolute atomic E-state index is 0.611. The number of aromatic nitrogens is 2. The fourth-order valence-corrected chi connectivity index (χ4v) is 2.20. The van der Waals surface area contributed by atoms with Gasteiger partial charge in [0.2, 0.25) is 0 Å². The van der Waals surface area contributed by atoms with E-state index in [1.165, 1.54) is 4.68 Å². The summed E-state index contributed by atoms with van der Waals surface area (Å²) in [5.74, 6) is 2.59. The molecule has 4 nitrogen and oxygen atoms in total. The SMILES string of the molecule is C#Cc1cccc(-c2nn(C(N)=O)c3ccccc23)c1. The highest BCUT2D eigenvalue weighted by Crippen LogP contribution is 2.28. The number of fused-ring (bicyclic) bond motifs is 1. The fourth-order valence-electron chi connectivity index (χ4n) is 2.20. The summed E-state index contributed by atoms with van der Waals surface area (Å²) in [5.41, 5.74) is 8.35. The Morgan fingerprint density at radius 1 is 1.20 bits per heavy atom. The lowest BCUT2D eigenvalue weighted by molar-refractivity contribution is 0.248. The zero-order valence-corrected chi connectivity index (χ0v) is 10.6. The Morgan fingerprint density at radius 3 is 2.75 bits per heavy atom. The first kappa shape index (κ1) is 12.0. The van der Waals surface area contributed by atoms with Gasteiger partial charge in [0.25, 0.3) is 0 Å². The molecule has 4 heteroatoms. The van der Waals surface area contributed by atoms with Crippen LogP contribution in [0.4, 0.5) is 4.79 Å². The van der Waals surface area contributed by atoms with E-state index in [1.807, 2.05) is 48.5 Å². The van der Waals surface area contributed by atoms with Gasteiger partial charge in [0.05, 0.1) is 5.52 Å². The van der Waals surface area contributed by atoms with E-state index in [9.17, 15) is 4.79 Å². The van der Waals surface area contributed by atoms with Crippen LogP contribution in [0.3, 0.4) is 0 Å². The lowest BCUT2D eigenvalue weighted by atomic mass is 10.1. The minimum Gasteiger partial charge on any atom is -0.350 e. The molecule has 3 aromatic rings. The van der Waals surface area contributed by atoms with Crippen LogP contribution in [0.5, 0.6) is 0 Å². The Labute approximate surface area is 115 Å². The first-order valence-corrected chi connectivity index (χ1v) is 6.05. The minimum atomic E-state index is -0.611. The standard InChI is InChI=1S/C16H11N3O/c1-2-11-6-5-7-12(10-11)15-13-8-3-4-9-14(13)19(18-15)16(17)20/h1,3-10H,(H2,17,20). The maximum Gasteiger partial charge on any atom is 0.340 e. The third kappa shape index (κ3) is 1.82. The molecule has 1 aromatic heterocycles. The molecule has 0 spiro atoms. The van der Waals surface area contributed by atoms with E-state index in [0.29, 0.717) is 11.2 Å². The van der Waals surface area contributed by atoms with Crippen molar-refractivity contribution >= 4 is 16.9 Å². The number of hydrogen-bond donors (Lipinski definition) is 1. The van der Waals surface area contributed by atoms with Crippen molar-refractivity contribution in [2.24, 2.45) is 5.73 Å². The monoisotopic (exact) mass is 261 g/mol. The molecule has 1 heterocycles. The lowest BCUT2D eigenvalue weighted by Crippen LogP contribution is -2.20. The second-order valence-corrected chi connectivity index (χ2v) is 4.34. The Kier molecular flexibility index (Phi) is 2.73. The number of hydrogen-bond acceptors (Lipinski definition) is 2. The van der Waals surface area contributed by atoms with Gasteiger partial charge in [0, 0.05) is 16.5 Å². The van der Waals surface area contributed by atoms with Crippen LogP contribution in [0.2, 0.25) is 0 Å². The Morgan fingerprint density at radius 2 is 2.00 bits per heavy atom. The van der Waals surface area contributed by atoms with E-state index in [-0.39, 0.29) is 0 Å². The van der Waals surface area contributed by atoms with Gasteiger partial charge in [-0.2, -0.15) is 9.78 Å². The molecule has 1 amide bonds. The summed E-state index contributed by atoms with van der Waals surface area (Å²) in [7, 11) is 0. The Balaban J connectivity index is 2.31. The highest BCUT2D eigenvalue weighted by atomic mass is 16.2. The number of amides is 1. The van der Waals surface area contributed by atoms with Gasteiger partial charge in [-0.25, -0.2) is 4.79 Å². The maximum atomic E-state index is 11.5. The molecule has 20 heavy (non-hydrogen) atoms. The van der Waals surface area contributed by atoms with E-state index in [4.69, 9.17) is 12.2 Å². The highest BCUT2D eigenvalue weighted by Gasteiger charge is 2.14. The summed E-state index contributed by atoms with van der Waals surface area (Å²) in [4.78, 5) is 11.5. The van der Waals surface area contributed by atoms with Crippen LogP contribution in [0.15, 0.2) is 48.5 Å². The summed E-state index contributed by atoms with van der Waals surface area (Å²) < 4.78 is 1.20. The van der Waals surface area contributed by atoms with Crippen LogP contribution in [0.25, 0.3) is 22.2 Å².